The van der Waals surface area contributed by atoms with Crippen molar-refractivity contribution in [2.75, 3.05) is 32.5 Å². The molecule has 170 valence electrons. The number of anilines is 1. The Morgan fingerprint density at radius 1 is 1.09 bits per heavy atom. The van der Waals surface area contributed by atoms with E-state index < -0.39 is 10.0 Å². The topological polar surface area (TPSA) is 85.5 Å². The number of likely N-dealkylation sites (tertiary alicyclic amines) is 1. The van der Waals surface area contributed by atoms with E-state index in [1.807, 2.05) is 13.0 Å². The van der Waals surface area contributed by atoms with Crippen molar-refractivity contribution in [2.45, 2.75) is 36.6 Å². The van der Waals surface area contributed by atoms with Crippen LogP contribution in [0, 0.1) is 0 Å². The molecule has 3 aromatic rings. The number of carbonyl (C=O) groups excluding carboxylic acids is 1. The first-order valence-corrected chi connectivity index (χ1v) is 12.3. The van der Waals surface area contributed by atoms with E-state index in [0.29, 0.717) is 11.6 Å². The summed E-state index contributed by atoms with van der Waals surface area (Å²) in [6, 6.07) is 16.6. The van der Waals surface area contributed by atoms with Crippen molar-refractivity contribution in [3.63, 3.8) is 0 Å². The van der Waals surface area contributed by atoms with Gasteiger partial charge in [0.15, 0.2) is 0 Å². The number of H-pyrrole nitrogens is 1. The summed E-state index contributed by atoms with van der Waals surface area (Å²) in [5.41, 5.74) is 2.91. The second-order valence-electron chi connectivity index (χ2n) is 8.60. The van der Waals surface area contributed by atoms with Crippen LogP contribution in [-0.2, 0) is 14.8 Å². The van der Waals surface area contributed by atoms with Gasteiger partial charge in [-0.15, -0.1) is 0 Å². The number of nitrogens with one attached hydrogen (secondary N) is 2. The molecule has 1 unspecified atom stereocenters. The Bertz CT molecular complexity index is 1180. The molecule has 2 N–H and O–H groups in total. The minimum absolute atomic E-state index is 0.131. The van der Waals surface area contributed by atoms with Gasteiger partial charge in [-0.25, -0.2) is 12.7 Å². The fraction of sp³-hybridized carbons (Fsp3) is 0.375. The van der Waals surface area contributed by atoms with Crippen LogP contribution in [0.25, 0.3) is 10.9 Å². The molecule has 0 saturated carbocycles. The smallest absolute Gasteiger partial charge is 0.242 e. The summed E-state index contributed by atoms with van der Waals surface area (Å²) in [4.78, 5) is 18.7. The molecule has 2 heterocycles. The number of rotatable bonds is 6. The Labute approximate surface area is 189 Å². The van der Waals surface area contributed by atoms with Gasteiger partial charge >= 0.3 is 0 Å². The Morgan fingerprint density at radius 3 is 2.50 bits per heavy atom. The number of sulfonamides is 1. The number of benzene rings is 2. The zero-order chi connectivity index (χ0) is 22.9. The molecule has 1 fully saturated rings. The van der Waals surface area contributed by atoms with Gasteiger partial charge in [0.25, 0.3) is 0 Å². The fourth-order valence-corrected chi connectivity index (χ4v) is 5.22. The van der Waals surface area contributed by atoms with E-state index in [0.717, 1.165) is 35.8 Å². The average molecular weight is 455 g/mol. The summed E-state index contributed by atoms with van der Waals surface area (Å²) in [5.74, 6) is 0.329. The van der Waals surface area contributed by atoms with Gasteiger partial charge in [0.2, 0.25) is 15.9 Å². The molecule has 1 saturated heterocycles. The van der Waals surface area contributed by atoms with Gasteiger partial charge in [-0.05, 0) is 68.6 Å². The molecule has 32 heavy (non-hydrogen) atoms. The van der Waals surface area contributed by atoms with E-state index in [4.69, 9.17) is 0 Å². The normalized spacial score (nSPS) is 17.0. The third-order valence-electron chi connectivity index (χ3n) is 6.33. The largest absolute Gasteiger partial charge is 0.358 e. The van der Waals surface area contributed by atoms with Crippen molar-refractivity contribution < 1.29 is 13.2 Å². The number of aromatic nitrogens is 1. The van der Waals surface area contributed by atoms with Crippen LogP contribution in [0.5, 0.6) is 0 Å². The van der Waals surface area contributed by atoms with E-state index in [-0.39, 0.29) is 16.8 Å². The maximum atomic E-state index is 12.9. The number of para-hydroxylation sites is 1. The third-order valence-corrected chi connectivity index (χ3v) is 8.14. The van der Waals surface area contributed by atoms with Crippen LogP contribution in [0.15, 0.2) is 59.5 Å². The van der Waals surface area contributed by atoms with E-state index in [1.54, 1.807) is 12.1 Å². The molecule has 1 aromatic heterocycles. The second-order valence-corrected chi connectivity index (χ2v) is 10.8. The second kappa shape index (κ2) is 9.05. The molecule has 1 atom stereocenters. The Kier molecular flexibility index (Phi) is 6.37. The SMILES string of the molecule is CC(C(=O)Nc1cccc(S(=O)(=O)N(C)C)c1)N1CCC(c2cc3ccccc3[nH]2)CC1. The standard InChI is InChI=1S/C24H30N4O3S/c1-17(24(29)25-20-8-6-9-21(16-20)32(30,31)27(2)3)28-13-11-18(12-14-28)23-15-19-7-4-5-10-22(19)26-23/h4-10,15-18,26H,11-14H2,1-3H3,(H,25,29). The van der Waals surface area contributed by atoms with E-state index in [1.165, 1.54) is 37.3 Å². The monoisotopic (exact) mass is 454 g/mol. The predicted molar refractivity (Wildman–Crippen MR) is 127 cm³/mol. The number of hydrogen-bond donors (Lipinski definition) is 2. The van der Waals surface area contributed by atoms with Crippen molar-refractivity contribution in [3.05, 3.63) is 60.3 Å². The zero-order valence-electron chi connectivity index (χ0n) is 18.7. The highest BCUT2D eigenvalue weighted by Gasteiger charge is 2.28. The minimum Gasteiger partial charge on any atom is -0.358 e. The lowest BCUT2D eigenvalue weighted by Gasteiger charge is -2.35. The van der Waals surface area contributed by atoms with E-state index >= 15 is 0 Å². The molecular weight excluding hydrogens is 424 g/mol. The number of hydrogen-bond acceptors (Lipinski definition) is 4. The Morgan fingerprint density at radius 2 is 1.81 bits per heavy atom. The molecule has 1 aliphatic heterocycles. The molecule has 0 spiro atoms. The van der Waals surface area contributed by atoms with Crippen molar-refractivity contribution in [2.24, 2.45) is 0 Å². The Balaban J connectivity index is 1.37. The van der Waals surface area contributed by atoms with Crippen LogP contribution >= 0.6 is 0 Å². The molecule has 0 aliphatic carbocycles. The highest BCUT2D eigenvalue weighted by atomic mass is 32.2. The number of carbonyl (C=O) groups is 1. The number of piperidine rings is 1. The lowest BCUT2D eigenvalue weighted by Crippen LogP contribution is -2.45. The lowest BCUT2D eigenvalue weighted by atomic mass is 9.92. The van der Waals surface area contributed by atoms with Gasteiger partial charge in [0.05, 0.1) is 10.9 Å². The number of nitrogens with zero attached hydrogens (tertiary/aromatic N) is 2. The predicted octanol–water partition coefficient (Wildman–Crippen LogP) is 3.62. The minimum atomic E-state index is -3.55. The summed E-state index contributed by atoms with van der Waals surface area (Å²) in [6.45, 7) is 3.58. The van der Waals surface area contributed by atoms with Crippen molar-refractivity contribution in [1.82, 2.24) is 14.2 Å². The van der Waals surface area contributed by atoms with Gasteiger partial charge in [-0.2, -0.15) is 0 Å². The van der Waals surface area contributed by atoms with Crippen LogP contribution < -0.4 is 5.32 Å². The lowest BCUT2D eigenvalue weighted by molar-refractivity contribution is -0.121. The molecule has 7 nitrogen and oxygen atoms in total. The summed E-state index contributed by atoms with van der Waals surface area (Å²) in [5, 5.41) is 4.11. The quantitative estimate of drug-likeness (QED) is 0.596. The average Bonchev–Trinajstić information content (AvgIpc) is 3.23. The Hall–Kier alpha value is -2.68. The molecular formula is C24H30N4O3S. The van der Waals surface area contributed by atoms with Crippen LogP contribution in [0.2, 0.25) is 0 Å². The van der Waals surface area contributed by atoms with Crippen molar-refractivity contribution in [1.29, 1.82) is 0 Å². The van der Waals surface area contributed by atoms with Crippen molar-refractivity contribution in [3.8, 4) is 0 Å². The highest BCUT2D eigenvalue weighted by Crippen LogP contribution is 2.30. The summed E-state index contributed by atoms with van der Waals surface area (Å²) >= 11 is 0. The summed E-state index contributed by atoms with van der Waals surface area (Å²) in [7, 11) is -0.573. The van der Waals surface area contributed by atoms with E-state index in [2.05, 4.69) is 39.5 Å². The number of aromatic amines is 1. The first-order valence-electron chi connectivity index (χ1n) is 10.9. The highest BCUT2D eigenvalue weighted by molar-refractivity contribution is 7.89. The maximum absolute atomic E-state index is 12.9. The van der Waals surface area contributed by atoms with Gasteiger partial charge < -0.3 is 10.3 Å². The maximum Gasteiger partial charge on any atom is 0.242 e. The summed E-state index contributed by atoms with van der Waals surface area (Å²) in [6.07, 6.45) is 1.97. The number of amides is 1. The van der Waals surface area contributed by atoms with Crippen molar-refractivity contribution >= 4 is 32.5 Å². The van der Waals surface area contributed by atoms with Gasteiger partial charge in [-0.1, -0.05) is 24.3 Å². The molecule has 8 heteroatoms. The van der Waals surface area contributed by atoms with Gasteiger partial charge in [0.1, 0.15) is 0 Å². The van der Waals surface area contributed by atoms with Crippen LogP contribution in [0.1, 0.15) is 31.4 Å². The summed E-state index contributed by atoms with van der Waals surface area (Å²) < 4.78 is 25.9. The molecule has 4 rings (SSSR count). The third kappa shape index (κ3) is 4.57. The van der Waals surface area contributed by atoms with Gasteiger partial charge in [0, 0.05) is 36.9 Å². The first-order chi connectivity index (χ1) is 15.3. The molecule has 1 amide bonds. The van der Waals surface area contributed by atoms with E-state index in [9.17, 15) is 13.2 Å². The fourth-order valence-electron chi connectivity index (χ4n) is 4.27. The molecule has 0 radical (unpaired) electrons. The first kappa shape index (κ1) is 22.5. The molecule has 0 bridgehead atoms. The van der Waals surface area contributed by atoms with Crippen LogP contribution in [0.4, 0.5) is 5.69 Å². The van der Waals surface area contributed by atoms with Crippen LogP contribution in [0.3, 0.4) is 0 Å². The molecule has 2 aromatic carbocycles. The molecule has 1 aliphatic rings. The zero-order valence-corrected chi connectivity index (χ0v) is 19.5. The number of fused-ring (bicyclic) bond motifs is 1. The van der Waals surface area contributed by atoms with Crippen LogP contribution in [-0.4, -0.2) is 61.7 Å². The van der Waals surface area contributed by atoms with Gasteiger partial charge in [-0.3, -0.25) is 9.69 Å².